The molecule has 4 heteroatoms. The molecule has 26 heavy (non-hydrogen) atoms. The molecule has 3 rings (SSSR count). The average Bonchev–Trinajstić information content (AvgIpc) is 2.69. The van der Waals surface area contributed by atoms with Crippen LogP contribution in [0.25, 0.3) is 0 Å². The minimum Gasteiger partial charge on any atom is -0.497 e. The predicted octanol–water partition coefficient (Wildman–Crippen LogP) is 3.87. The summed E-state index contributed by atoms with van der Waals surface area (Å²) in [6, 6.07) is 29.5. The van der Waals surface area contributed by atoms with E-state index in [1.807, 2.05) is 12.1 Å². The summed E-state index contributed by atoms with van der Waals surface area (Å²) in [5, 5.41) is 12.4. The first kappa shape index (κ1) is 20.2. The van der Waals surface area contributed by atoms with E-state index in [-0.39, 0.29) is 20.7 Å². The van der Waals surface area contributed by atoms with E-state index >= 15 is 0 Å². The lowest BCUT2D eigenvalue weighted by atomic mass is 10.1. The molecule has 0 saturated carbocycles. The zero-order valence-electron chi connectivity index (χ0n) is 15.0. The average molecular weight is 361 g/mol. The highest BCUT2D eigenvalue weighted by atomic mass is 31.1. The highest BCUT2D eigenvalue weighted by Crippen LogP contribution is 2.51. The van der Waals surface area contributed by atoms with Crippen LogP contribution in [0, 0.1) is 0 Å². The predicted molar refractivity (Wildman–Crippen MR) is 112 cm³/mol. The number of ether oxygens (including phenoxy) is 1. The van der Waals surface area contributed by atoms with Crippen molar-refractivity contribution in [2.45, 2.75) is 12.1 Å². The lowest BCUT2D eigenvalue weighted by Gasteiger charge is -2.29. The van der Waals surface area contributed by atoms with Crippen molar-refractivity contribution >= 4 is 26.9 Å². The number of hydrogen-bond donors (Lipinski definition) is 1. The van der Waals surface area contributed by atoms with Crippen molar-refractivity contribution in [3.63, 3.8) is 0 Å². The SMILES string of the molecule is COc1ccc([C@H](CCO)P(c2ccccc2)c2ccccc2)cc1.[B]. The quantitative estimate of drug-likeness (QED) is 0.511. The van der Waals surface area contributed by atoms with Gasteiger partial charge in [-0.1, -0.05) is 72.8 Å². The van der Waals surface area contributed by atoms with Gasteiger partial charge in [-0.05, 0) is 42.6 Å². The van der Waals surface area contributed by atoms with Gasteiger partial charge in [0.2, 0.25) is 0 Å². The van der Waals surface area contributed by atoms with Crippen molar-refractivity contribution in [1.29, 1.82) is 0 Å². The molecule has 0 heterocycles. The lowest BCUT2D eigenvalue weighted by Crippen LogP contribution is -2.18. The molecule has 131 valence electrons. The molecular formula is C22H23BO2P. The van der Waals surface area contributed by atoms with Gasteiger partial charge < -0.3 is 9.84 Å². The standard InChI is InChI=1S/C22H23O2P.B/c1-24-19-14-12-18(13-15-19)22(16-17-23)25(20-8-4-2-5-9-20)21-10-6-3-7-11-21;/h2-15,22-23H,16-17H2,1H3;/t22-;/m0./s1. The maximum atomic E-state index is 9.73. The van der Waals surface area contributed by atoms with Gasteiger partial charge in [0.15, 0.2) is 0 Å². The van der Waals surface area contributed by atoms with Crippen molar-refractivity contribution in [1.82, 2.24) is 0 Å². The topological polar surface area (TPSA) is 29.5 Å². The van der Waals surface area contributed by atoms with Crippen molar-refractivity contribution in [2.24, 2.45) is 0 Å². The highest BCUT2D eigenvalue weighted by molar-refractivity contribution is 7.73. The summed E-state index contributed by atoms with van der Waals surface area (Å²) >= 11 is 0. The van der Waals surface area contributed by atoms with Crippen LogP contribution in [0.1, 0.15) is 17.6 Å². The summed E-state index contributed by atoms with van der Waals surface area (Å²) in [6.07, 6.45) is 0.738. The second-order valence-electron chi connectivity index (χ2n) is 5.84. The van der Waals surface area contributed by atoms with E-state index < -0.39 is 7.92 Å². The number of aliphatic hydroxyl groups excluding tert-OH is 1. The molecule has 0 aliphatic heterocycles. The van der Waals surface area contributed by atoms with Gasteiger partial charge in [-0.15, -0.1) is 0 Å². The van der Waals surface area contributed by atoms with Crippen LogP contribution < -0.4 is 15.3 Å². The monoisotopic (exact) mass is 361 g/mol. The van der Waals surface area contributed by atoms with E-state index in [2.05, 4.69) is 72.8 Å². The van der Waals surface area contributed by atoms with Crippen molar-refractivity contribution < 1.29 is 9.84 Å². The fourth-order valence-electron chi connectivity index (χ4n) is 3.08. The third kappa shape index (κ3) is 4.75. The fraction of sp³-hybridized carbons (Fsp3) is 0.182. The fourth-order valence-corrected chi connectivity index (χ4v) is 5.93. The smallest absolute Gasteiger partial charge is 0.118 e. The van der Waals surface area contributed by atoms with Crippen LogP contribution in [0.3, 0.4) is 0 Å². The van der Waals surface area contributed by atoms with E-state index in [4.69, 9.17) is 4.74 Å². The molecule has 3 aromatic rings. The Hall–Kier alpha value is -2.09. The van der Waals surface area contributed by atoms with Gasteiger partial charge in [-0.2, -0.15) is 0 Å². The van der Waals surface area contributed by atoms with Gasteiger partial charge in [0.25, 0.3) is 0 Å². The molecule has 3 radical (unpaired) electrons. The minimum atomic E-state index is -0.611. The van der Waals surface area contributed by atoms with Gasteiger partial charge in [0, 0.05) is 20.7 Å². The van der Waals surface area contributed by atoms with E-state index in [0.29, 0.717) is 0 Å². The molecule has 1 N–H and O–H groups in total. The first-order valence-corrected chi connectivity index (χ1v) is 9.88. The van der Waals surface area contributed by atoms with Crippen LogP contribution in [0.15, 0.2) is 84.9 Å². The Morgan fingerprint density at radius 1 is 0.808 bits per heavy atom. The molecule has 0 saturated heterocycles. The third-order valence-corrected chi connectivity index (χ3v) is 7.17. The number of aliphatic hydroxyl groups is 1. The van der Waals surface area contributed by atoms with Gasteiger partial charge >= 0.3 is 0 Å². The Balaban J connectivity index is 0.00000243. The summed E-state index contributed by atoms with van der Waals surface area (Å²) in [7, 11) is 1.07. The first-order valence-electron chi connectivity index (χ1n) is 8.47. The molecule has 0 bridgehead atoms. The van der Waals surface area contributed by atoms with E-state index in [0.717, 1.165) is 12.2 Å². The van der Waals surface area contributed by atoms with Crippen molar-refractivity contribution in [3.05, 3.63) is 90.5 Å². The van der Waals surface area contributed by atoms with Gasteiger partial charge in [-0.3, -0.25) is 0 Å². The molecule has 1 atom stereocenters. The Morgan fingerprint density at radius 2 is 1.31 bits per heavy atom. The zero-order valence-corrected chi connectivity index (χ0v) is 15.8. The first-order chi connectivity index (χ1) is 12.3. The Bertz CT molecular complexity index is 724. The molecule has 0 aromatic heterocycles. The van der Waals surface area contributed by atoms with Gasteiger partial charge in [0.05, 0.1) is 7.11 Å². The van der Waals surface area contributed by atoms with E-state index in [1.54, 1.807) is 7.11 Å². The number of hydrogen-bond acceptors (Lipinski definition) is 2. The maximum Gasteiger partial charge on any atom is 0.118 e. The van der Waals surface area contributed by atoms with Gasteiger partial charge in [0.1, 0.15) is 5.75 Å². The van der Waals surface area contributed by atoms with Crippen LogP contribution in [0.2, 0.25) is 0 Å². The lowest BCUT2D eigenvalue weighted by molar-refractivity contribution is 0.287. The normalized spacial score (nSPS) is 11.7. The largest absolute Gasteiger partial charge is 0.497 e. The van der Waals surface area contributed by atoms with Crippen LogP contribution in [0.5, 0.6) is 5.75 Å². The summed E-state index contributed by atoms with van der Waals surface area (Å²) in [6.45, 7) is 0.176. The van der Waals surface area contributed by atoms with Crippen molar-refractivity contribution in [2.75, 3.05) is 13.7 Å². The molecule has 0 amide bonds. The van der Waals surface area contributed by atoms with Crippen LogP contribution in [-0.4, -0.2) is 27.2 Å². The second kappa shape index (κ2) is 10.2. The highest BCUT2D eigenvalue weighted by Gasteiger charge is 2.25. The number of methoxy groups -OCH3 is 1. The zero-order chi connectivity index (χ0) is 17.5. The molecule has 0 spiro atoms. The van der Waals surface area contributed by atoms with Gasteiger partial charge in [-0.25, -0.2) is 0 Å². The van der Waals surface area contributed by atoms with E-state index in [9.17, 15) is 5.11 Å². The molecule has 3 aromatic carbocycles. The molecule has 0 aliphatic rings. The Kier molecular flexibility index (Phi) is 7.90. The van der Waals surface area contributed by atoms with Crippen LogP contribution in [0.4, 0.5) is 0 Å². The molecule has 0 unspecified atom stereocenters. The van der Waals surface area contributed by atoms with Crippen molar-refractivity contribution in [3.8, 4) is 5.75 Å². The molecular weight excluding hydrogens is 338 g/mol. The summed E-state index contributed by atoms with van der Waals surface area (Å²) in [5.41, 5.74) is 1.50. The van der Waals surface area contributed by atoms with Crippen LogP contribution >= 0.6 is 7.92 Å². The van der Waals surface area contributed by atoms with E-state index in [1.165, 1.54) is 16.2 Å². The Morgan fingerprint density at radius 3 is 1.73 bits per heavy atom. The molecule has 0 fully saturated rings. The number of rotatable bonds is 7. The molecule has 0 aliphatic carbocycles. The number of benzene rings is 3. The summed E-state index contributed by atoms with van der Waals surface area (Å²) in [4.78, 5) is 0. The maximum absolute atomic E-state index is 9.73. The minimum absolute atomic E-state index is 0. The Labute approximate surface area is 159 Å². The second-order valence-corrected chi connectivity index (χ2v) is 8.24. The molecule has 2 nitrogen and oxygen atoms in total. The van der Waals surface area contributed by atoms with Crippen LogP contribution in [-0.2, 0) is 0 Å². The summed E-state index contributed by atoms with van der Waals surface area (Å²) < 4.78 is 5.29. The third-order valence-electron chi connectivity index (χ3n) is 4.28. The summed E-state index contributed by atoms with van der Waals surface area (Å²) in [5.74, 6) is 0.857.